The molecule has 2 atom stereocenters. The molecule has 2 unspecified atom stereocenters. The Labute approximate surface area is 64.3 Å². The summed E-state index contributed by atoms with van der Waals surface area (Å²) in [6.07, 6.45) is 10.9. The highest BCUT2D eigenvalue weighted by molar-refractivity contribution is 4.93. The molecule has 0 N–H and O–H groups in total. The van der Waals surface area contributed by atoms with E-state index in [-0.39, 0.29) is 0 Å². The lowest BCUT2D eigenvalue weighted by Crippen LogP contribution is -2.12. The summed E-state index contributed by atoms with van der Waals surface area (Å²) in [7, 11) is 0. The number of allylic oxidation sites excluding steroid dienone is 2. The minimum absolute atomic E-state index is 0.810. The quantitative estimate of drug-likeness (QED) is 0.513. The Kier molecular flexibility index (Phi) is 2.98. The predicted octanol–water partition coefficient (Wildman–Crippen LogP) is 3.20. The average Bonchev–Trinajstić information content (AvgIpc) is 2.05. The van der Waals surface area contributed by atoms with Crippen molar-refractivity contribution in [2.75, 3.05) is 0 Å². The maximum absolute atomic E-state index is 2.33. The number of hydrogen-bond acceptors (Lipinski definition) is 0. The van der Waals surface area contributed by atoms with Crippen molar-refractivity contribution in [3.8, 4) is 0 Å². The molecule has 1 radical (unpaired) electrons. The van der Waals surface area contributed by atoms with Gasteiger partial charge in [0.15, 0.2) is 0 Å². The van der Waals surface area contributed by atoms with Gasteiger partial charge in [-0.25, -0.2) is 0 Å². The van der Waals surface area contributed by atoms with Crippen molar-refractivity contribution in [3.63, 3.8) is 0 Å². The minimum Gasteiger partial charge on any atom is -0.0885 e. The molecule has 0 nitrogen and oxygen atoms in total. The molecule has 0 aliphatic heterocycles. The highest BCUT2D eigenvalue weighted by atomic mass is 14.2. The van der Waals surface area contributed by atoms with Crippen LogP contribution in [-0.4, -0.2) is 0 Å². The van der Waals surface area contributed by atoms with Crippen molar-refractivity contribution in [3.05, 3.63) is 18.6 Å². The first-order chi connectivity index (χ1) is 4.84. The summed E-state index contributed by atoms with van der Waals surface area (Å²) in [5.41, 5.74) is 0. The van der Waals surface area contributed by atoms with Gasteiger partial charge in [-0.05, 0) is 37.5 Å². The van der Waals surface area contributed by atoms with E-state index >= 15 is 0 Å². The van der Waals surface area contributed by atoms with Crippen LogP contribution in [0.4, 0.5) is 0 Å². The molecular weight excluding hydrogens is 120 g/mol. The summed E-state index contributed by atoms with van der Waals surface area (Å²) in [5.74, 6) is 1.74. The van der Waals surface area contributed by atoms with Crippen LogP contribution in [-0.2, 0) is 0 Å². The highest BCUT2D eigenvalue weighted by Crippen LogP contribution is 2.26. The van der Waals surface area contributed by atoms with Crippen molar-refractivity contribution in [1.29, 1.82) is 0 Å². The van der Waals surface area contributed by atoms with Crippen molar-refractivity contribution in [2.45, 2.75) is 33.1 Å². The third-order valence-corrected chi connectivity index (χ3v) is 2.58. The summed E-state index contributed by atoms with van der Waals surface area (Å²) in [5, 5.41) is 0. The summed E-state index contributed by atoms with van der Waals surface area (Å²) < 4.78 is 0. The molecule has 0 spiro atoms. The highest BCUT2D eigenvalue weighted by Gasteiger charge is 2.15. The van der Waals surface area contributed by atoms with E-state index in [0.29, 0.717) is 0 Å². The maximum Gasteiger partial charge on any atom is -0.0319 e. The van der Waals surface area contributed by atoms with Crippen LogP contribution in [0.2, 0.25) is 0 Å². The first-order valence-corrected chi connectivity index (χ1v) is 4.29. The van der Waals surface area contributed by atoms with E-state index in [1.807, 2.05) is 0 Å². The molecule has 0 saturated heterocycles. The largest absolute Gasteiger partial charge is 0.0885 e. The molecule has 1 aliphatic rings. The summed E-state index contributed by atoms with van der Waals surface area (Å²) >= 11 is 0. The van der Waals surface area contributed by atoms with E-state index in [2.05, 4.69) is 32.4 Å². The van der Waals surface area contributed by atoms with Crippen molar-refractivity contribution < 1.29 is 0 Å². The molecule has 0 heterocycles. The second-order valence-corrected chi connectivity index (χ2v) is 3.24. The molecule has 1 aliphatic carbocycles. The Morgan fingerprint density at radius 1 is 1.50 bits per heavy atom. The van der Waals surface area contributed by atoms with E-state index < -0.39 is 0 Å². The third kappa shape index (κ3) is 1.86. The van der Waals surface area contributed by atoms with Gasteiger partial charge in [-0.15, -0.1) is 0 Å². The molecule has 0 aromatic rings. The van der Waals surface area contributed by atoms with Crippen molar-refractivity contribution in [2.24, 2.45) is 11.8 Å². The SMILES string of the molecule is C[CH]C(C)C1CC=CCC1. The molecule has 0 bridgehead atoms. The summed E-state index contributed by atoms with van der Waals surface area (Å²) in [6.45, 7) is 4.49. The minimum atomic E-state index is 0.810. The molecule has 1 rings (SSSR count). The fraction of sp³-hybridized carbons (Fsp3) is 0.700. The number of rotatable bonds is 2. The molecule has 0 saturated carbocycles. The van der Waals surface area contributed by atoms with Crippen LogP contribution in [0.5, 0.6) is 0 Å². The molecule has 0 aromatic heterocycles. The van der Waals surface area contributed by atoms with Gasteiger partial charge in [0.1, 0.15) is 0 Å². The molecule has 0 aromatic carbocycles. The lowest BCUT2D eigenvalue weighted by molar-refractivity contribution is 0.369. The Morgan fingerprint density at radius 3 is 2.80 bits per heavy atom. The molecule has 0 amide bonds. The van der Waals surface area contributed by atoms with E-state index in [1.165, 1.54) is 19.3 Å². The van der Waals surface area contributed by atoms with Gasteiger partial charge in [-0.2, -0.15) is 0 Å². The van der Waals surface area contributed by atoms with E-state index in [1.54, 1.807) is 0 Å². The fourth-order valence-electron chi connectivity index (χ4n) is 1.57. The molecule has 10 heavy (non-hydrogen) atoms. The second kappa shape index (κ2) is 3.80. The first-order valence-electron chi connectivity index (χ1n) is 4.29. The lowest BCUT2D eigenvalue weighted by Gasteiger charge is -2.23. The van der Waals surface area contributed by atoms with Crippen LogP contribution >= 0.6 is 0 Å². The maximum atomic E-state index is 2.33. The van der Waals surface area contributed by atoms with Crippen LogP contribution in [0.15, 0.2) is 12.2 Å². The first kappa shape index (κ1) is 7.84. The van der Waals surface area contributed by atoms with Crippen molar-refractivity contribution in [1.82, 2.24) is 0 Å². The number of hydrogen-bond donors (Lipinski definition) is 0. The Morgan fingerprint density at radius 2 is 2.30 bits per heavy atom. The van der Waals surface area contributed by atoms with Crippen LogP contribution in [0, 0.1) is 18.3 Å². The Bertz CT molecular complexity index is 113. The van der Waals surface area contributed by atoms with Gasteiger partial charge in [-0.3, -0.25) is 0 Å². The Hall–Kier alpha value is -0.260. The average molecular weight is 137 g/mol. The van der Waals surface area contributed by atoms with Gasteiger partial charge in [0.05, 0.1) is 0 Å². The standard InChI is InChI=1S/C10H17/c1-3-9(2)10-7-5-4-6-8-10/h3-5,9-10H,6-8H2,1-2H3. The van der Waals surface area contributed by atoms with Gasteiger partial charge in [0, 0.05) is 0 Å². The monoisotopic (exact) mass is 137 g/mol. The van der Waals surface area contributed by atoms with Crippen molar-refractivity contribution >= 4 is 0 Å². The van der Waals surface area contributed by atoms with E-state index in [4.69, 9.17) is 0 Å². The van der Waals surface area contributed by atoms with Gasteiger partial charge < -0.3 is 0 Å². The molecule has 0 fully saturated rings. The zero-order valence-corrected chi connectivity index (χ0v) is 7.01. The Balaban J connectivity index is 2.33. The second-order valence-electron chi connectivity index (χ2n) is 3.24. The van der Waals surface area contributed by atoms with Crippen LogP contribution in [0.3, 0.4) is 0 Å². The van der Waals surface area contributed by atoms with Gasteiger partial charge >= 0.3 is 0 Å². The van der Waals surface area contributed by atoms with Crippen LogP contribution in [0.25, 0.3) is 0 Å². The topological polar surface area (TPSA) is 0 Å². The smallest absolute Gasteiger partial charge is 0.0319 e. The summed E-state index contributed by atoms with van der Waals surface area (Å²) in [6, 6.07) is 0. The third-order valence-electron chi connectivity index (χ3n) is 2.58. The van der Waals surface area contributed by atoms with Crippen LogP contribution < -0.4 is 0 Å². The lowest BCUT2D eigenvalue weighted by atomic mass is 9.83. The van der Waals surface area contributed by atoms with Crippen LogP contribution in [0.1, 0.15) is 33.1 Å². The molecular formula is C10H17. The predicted molar refractivity (Wildman–Crippen MR) is 45.6 cm³/mol. The van der Waals surface area contributed by atoms with Gasteiger partial charge in [0.25, 0.3) is 0 Å². The summed E-state index contributed by atoms with van der Waals surface area (Å²) in [4.78, 5) is 0. The normalized spacial score (nSPS) is 28.4. The van der Waals surface area contributed by atoms with E-state index in [0.717, 1.165) is 11.8 Å². The van der Waals surface area contributed by atoms with Gasteiger partial charge in [0.2, 0.25) is 0 Å². The van der Waals surface area contributed by atoms with E-state index in [9.17, 15) is 0 Å². The fourth-order valence-corrected chi connectivity index (χ4v) is 1.57. The molecule has 57 valence electrons. The zero-order valence-electron chi connectivity index (χ0n) is 7.01. The molecule has 0 heteroatoms. The zero-order chi connectivity index (χ0) is 7.40. The van der Waals surface area contributed by atoms with Gasteiger partial charge in [-0.1, -0.05) is 26.0 Å².